The molecule has 0 radical (unpaired) electrons. The predicted octanol–water partition coefficient (Wildman–Crippen LogP) is 4.83. The Bertz CT molecular complexity index is 678. The van der Waals surface area contributed by atoms with E-state index in [0.717, 1.165) is 21.0 Å². The fourth-order valence-electron chi connectivity index (χ4n) is 1.62. The third kappa shape index (κ3) is 2.17. The van der Waals surface area contributed by atoms with Crippen LogP contribution in [0.4, 0.5) is 15.2 Å². The number of hydrogen-bond acceptors (Lipinski definition) is 3. The quantitative estimate of drug-likeness (QED) is 0.726. The highest BCUT2D eigenvalue weighted by Crippen LogP contribution is 2.29. The van der Waals surface area contributed by atoms with Crippen LogP contribution < -0.4 is 5.32 Å². The highest BCUT2D eigenvalue weighted by molar-refractivity contribution is 7.22. The Morgan fingerprint density at radius 3 is 2.78 bits per heavy atom. The number of thiazole rings is 1. The van der Waals surface area contributed by atoms with Crippen molar-refractivity contribution in [2.45, 2.75) is 0 Å². The van der Waals surface area contributed by atoms with Crippen LogP contribution in [-0.4, -0.2) is 4.98 Å². The molecule has 0 aliphatic heterocycles. The van der Waals surface area contributed by atoms with Gasteiger partial charge in [0, 0.05) is 5.69 Å². The van der Waals surface area contributed by atoms with Gasteiger partial charge in [-0.05, 0) is 30.3 Å². The van der Waals surface area contributed by atoms with Crippen molar-refractivity contribution in [1.82, 2.24) is 4.98 Å². The van der Waals surface area contributed by atoms with Gasteiger partial charge < -0.3 is 5.32 Å². The lowest BCUT2D eigenvalue weighted by Gasteiger charge is -2.02. The average molecular weight is 279 g/mol. The van der Waals surface area contributed by atoms with E-state index in [2.05, 4.69) is 10.3 Å². The first-order valence-electron chi connectivity index (χ1n) is 5.30. The lowest BCUT2D eigenvalue weighted by Crippen LogP contribution is -1.89. The molecule has 0 unspecified atom stereocenters. The van der Waals surface area contributed by atoms with Gasteiger partial charge in [0.2, 0.25) is 0 Å². The first kappa shape index (κ1) is 11.4. The van der Waals surface area contributed by atoms with Crippen LogP contribution in [0.3, 0.4) is 0 Å². The number of rotatable bonds is 2. The molecule has 2 nitrogen and oxygen atoms in total. The Labute approximate surface area is 112 Å². The number of para-hydroxylation sites is 1. The zero-order valence-electron chi connectivity index (χ0n) is 9.15. The molecule has 3 aromatic rings. The second-order valence-corrected chi connectivity index (χ2v) is 5.18. The van der Waals surface area contributed by atoms with Crippen molar-refractivity contribution in [1.29, 1.82) is 0 Å². The molecule has 0 aliphatic rings. The van der Waals surface area contributed by atoms with E-state index in [-0.39, 0.29) is 5.02 Å². The summed E-state index contributed by atoms with van der Waals surface area (Å²) >= 11 is 7.27. The third-order valence-electron chi connectivity index (χ3n) is 2.46. The molecule has 5 heteroatoms. The van der Waals surface area contributed by atoms with E-state index in [1.165, 1.54) is 6.07 Å². The minimum atomic E-state index is -0.425. The van der Waals surface area contributed by atoms with Crippen molar-refractivity contribution in [2.24, 2.45) is 0 Å². The Morgan fingerprint density at radius 1 is 1.17 bits per heavy atom. The molecule has 1 N–H and O–H groups in total. The first-order chi connectivity index (χ1) is 8.72. The topological polar surface area (TPSA) is 24.9 Å². The van der Waals surface area contributed by atoms with Crippen molar-refractivity contribution in [2.75, 3.05) is 5.32 Å². The number of hydrogen-bond donors (Lipinski definition) is 1. The van der Waals surface area contributed by atoms with Crippen molar-refractivity contribution >= 4 is 44.0 Å². The van der Waals surface area contributed by atoms with E-state index in [1.807, 2.05) is 24.3 Å². The second-order valence-electron chi connectivity index (χ2n) is 3.74. The smallest absolute Gasteiger partial charge is 0.188 e. The minimum absolute atomic E-state index is 0.0983. The molecule has 2 aromatic carbocycles. The fourth-order valence-corrected chi connectivity index (χ4v) is 2.69. The number of fused-ring (bicyclic) bond motifs is 1. The van der Waals surface area contributed by atoms with Gasteiger partial charge in [-0.25, -0.2) is 9.37 Å². The molecule has 1 aromatic heterocycles. The number of anilines is 2. The SMILES string of the molecule is Fc1ccc(Nc2nc3ccccc3s2)cc1Cl. The van der Waals surface area contributed by atoms with Crippen LogP contribution in [0.15, 0.2) is 42.5 Å². The molecule has 0 saturated carbocycles. The van der Waals surface area contributed by atoms with Crippen molar-refractivity contribution in [3.8, 4) is 0 Å². The maximum Gasteiger partial charge on any atom is 0.188 e. The van der Waals surface area contributed by atoms with Crippen LogP contribution in [0, 0.1) is 5.82 Å². The maximum atomic E-state index is 13.0. The Balaban J connectivity index is 1.93. The molecular formula is C13H8ClFN2S. The molecular weight excluding hydrogens is 271 g/mol. The average Bonchev–Trinajstić information content (AvgIpc) is 2.76. The number of aromatic nitrogens is 1. The number of benzene rings is 2. The summed E-state index contributed by atoms with van der Waals surface area (Å²) in [6.45, 7) is 0. The highest BCUT2D eigenvalue weighted by atomic mass is 35.5. The van der Waals surface area contributed by atoms with Crippen LogP contribution in [0.1, 0.15) is 0 Å². The molecule has 0 saturated heterocycles. The highest BCUT2D eigenvalue weighted by Gasteiger charge is 2.05. The van der Waals surface area contributed by atoms with E-state index in [4.69, 9.17) is 11.6 Å². The van der Waals surface area contributed by atoms with Gasteiger partial charge in [0.25, 0.3) is 0 Å². The van der Waals surface area contributed by atoms with Crippen LogP contribution in [-0.2, 0) is 0 Å². The van der Waals surface area contributed by atoms with Gasteiger partial charge in [0.15, 0.2) is 5.13 Å². The fraction of sp³-hybridized carbons (Fsp3) is 0. The van der Waals surface area contributed by atoms with Crippen LogP contribution in [0.25, 0.3) is 10.2 Å². The summed E-state index contributed by atoms with van der Waals surface area (Å²) < 4.78 is 14.1. The van der Waals surface area contributed by atoms with E-state index >= 15 is 0 Å². The largest absolute Gasteiger partial charge is 0.331 e. The van der Waals surface area contributed by atoms with Gasteiger partial charge in [-0.1, -0.05) is 35.1 Å². The first-order valence-corrected chi connectivity index (χ1v) is 6.49. The predicted molar refractivity (Wildman–Crippen MR) is 74.3 cm³/mol. The summed E-state index contributed by atoms with van der Waals surface area (Å²) in [5.41, 5.74) is 1.67. The van der Waals surface area contributed by atoms with Crippen LogP contribution in [0.2, 0.25) is 5.02 Å². The van der Waals surface area contributed by atoms with Gasteiger partial charge >= 0.3 is 0 Å². The molecule has 0 aliphatic carbocycles. The molecule has 0 spiro atoms. The normalized spacial score (nSPS) is 10.8. The molecule has 3 rings (SSSR count). The summed E-state index contributed by atoms with van der Waals surface area (Å²) in [4.78, 5) is 4.43. The lowest BCUT2D eigenvalue weighted by molar-refractivity contribution is 0.628. The van der Waals surface area contributed by atoms with Gasteiger partial charge in [-0.3, -0.25) is 0 Å². The standard InChI is InChI=1S/C13H8ClFN2S/c14-9-7-8(5-6-10(9)15)16-13-17-11-3-1-2-4-12(11)18-13/h1-7H,(H,16,17). The monoisotopic (exact) mass is 278 g/mol. The molecule has 0 atom stereocenters. The van der Waals surface area contributed by atoms with E-state index in [1.54, 1.807) is 23.5 Å². The van der Waals surface area contributed by atoms with Gasteiger partial charge in [-0.2, -0.15) is 0 Å². The van der Waals surface area contributed by atoms with Gasteiger partial charge in [-0.15, -0.1) is 0 Å². The number of nitrogens with one attached hydrogen (secondary N) is 1. The summed E-state index contributed by atoms with van der Waals surface area (Å²) in [6.07, 6.45) is 0. The summed E-state index contributed by atoms with van der Waals surface area (Å²) in [6, 6.07) is 12.4. The molecule has 0 bridgehead atoms. The molecule has 0 fully saturated rings. The molecule has 0 amide bonds. The number of halogens is 2. The van der Waals surface area contributed by atoms with Crippen LogP contribution >= 0.6 is 22.9 Å². The molecule has 1 heterocycles. The van der Waals surface area contributed by atoms with Crippen molar-refractivity contribution in [3.63, 3.8) is 0 Å². The summed E-state index contributed by atoms with van der Waals surface area (Å²) in [5, 5.41) is 3.98. The van der Waals surface area contributed by atoms with Crippen molar-refractivity contribution < 1.29 is 4.39 Å². The third-order valence-corrected chi connectivity index (χ3v) is 3.71. The van der Waals surface area contributed by atoms with E-state index in [0.29, 0.717) is 0 Å². The van der Waals surface area contributed by atoms with E-state index < -0.39 is 5.82 Å². The zero-order chi connectivity index (χ0) is 12.5. The zero-order valence-corrected chi connectivity index (χ0v) is 10.7. The summed E-state index contributed by atoms with van der Waals surface area (Å²) in [7, 11) is 0. The number of nitrogens with zero attached hydrogens (tertiary/aromatic N) is 1. The minimum Gasteiger partial charge on any atom is -0.331 e. The van der Waals surface area contributed by atoms with Gasteiger partial charge in [0.05, 0.1) is 15.2 Å². The lowest BCUT2D eigenvalue weighted by atomic mass is 10.3. The maximum absolute atomic E-state index is 13.0. The Morgan fingerprint density at radius 2 is 2.00 bits per heavy atom. The summed E-state index contributed by atoms with van der Waals surface area (Å²) in [5.74, 6) is -0.425. The van der Waals surface area contributed by atoms with Crippen molar-refractivity contribution in [3.05, 3.63) is 53.3 Å². The van der Waals surface area contributed by atoms with Gasteiger partial charge in [0.1, 0.15) is 5.82 Å². The van der Waals surface area contributed by atoms with E-state index in [9.17, 15) is 4.39 Å². The second kappa shape index (κ2) is 4.55. The Hall–Kier alpha value is -1.65. The Kier molecular flexibility index (Phi) is 2.89. The van der Waals surface area contributed by atoms with Crippen LogP contribution in [0.5, 0.6) is 0 Å². The molecule has 90 valence electrons. The molecule has 18 heavy (non-hydrogen) atoms.